The zero-order valence-corrected chi connectivity index (χ0v) is 27.6. The van der Waals surface area contributed by atoms with Gasteiger partial charge in [-0.1, -0.05) is 133 Å². The zero-order valence-electron chi connectivity index (χ0n) is 26.8. The second kappa shape index (κ2) is 18.6. The molecule has 0 bridgehead atoms. The van der Waals surface area contributed by atoms with Gasteiger partial charge >= 0.3 is 0 Å². The number of hydrogen-bond acceptors (Lipinski definition) is 5. The molecule has 47 heavy (non-hydrogen) atoms. The molecule has 0 amide bonds. The molecule has 0 saturated carbocycles. The standard InChI is InChI=1S/C42H42N2O2S/c1-3-27-45-33-41(37-21-13-7-14-22-37)43(29-35-17-9-5-10-18-35)31-39-25-26-40(47-39)32-44(30-36-19-11-6-12-20-36)42(34-46-28-4-2)38-23-15-8-16-24-38/h1-2,5-26,41-42H,27-34H2/t41-,42-/m0/s1. The minimum atomic E-state index is 0.0423. The van der Waals surface area contributed by atoms with Crippen LogP contribution < -0.4 is 0 Å². The van der Waals surface area contributed by atoms with Crippen LogP contribution in [0.3, 0.4) is 0 Å². The van der Waals surface area contributed by atoms with E-state index in [4.69, 9.17) is 22.3 Å². The molecule has 4 nitrogen and oxygen atoms in total. The molecule has 0 radical (unpaired) electrons. The summed E-state index contributed by atoms with van der Waals surface area (Å²) in [5, 5.41) is 0. The van der Waals surface area contributed by atoms with E-state index in [1.165, 1.54) is 32.0 Å². The van der Waals surface area contributed by atoms with Crippen molar-refractivity contribution in [2.75, 3.05) is 26.4 Å². The highest BCUT2D eigenvalue weighted by Gasteiger charge is 2.24. The van der Waals surface area contributed by atoms with Crippen molar-refractivity contribution in [3.05, 3.63) is 165 Å². The number of ether oxygens (including phenoxy) is 2. The number of terminal acetylenes is 2. The second-order valence-electron chi connectivity index (χ2n) is 11.4. The van der Waals surface area contributed by atoms with E-state index in [-0.39, 0.29) is 25.3 Å². The molecule has 238 valence electrons. The molecule has 0 fully saturated rings. The Balaban J connectivity index is 1.42. The van der Waals surface area contributed by atoms with Crippen LogP contribution in [0.4, 0.5) is 0 Å². The minimum absolute atomic E-state index is 0.0423. The fourth-order valence-electron chi connectivity index (χ4n) is 5.82. The second-order valence-corrected chi connectivity index (χ2v) is 12.7. The molecule has 2 atom stereocenters. The highest BCUT2D eigenvalue weighted by Crippen LogP contribution is 2.31. The summed E-state index contributed by atoms with van der Waals surface area (Å²) in [5.41, 5.74) is 4.94. The minimum Gasteiger partial charge on any atom is -0.367 e. The third-order valence-corrected chi connectivity index (χ3v) is 9.12. The molecule has 5 rings (SSSR count). The third-order valence-electron chi connectivity index (χ3n) is 8.06. The van der Waals surface area contributed by atoms with Gasteiger partial charge in [-0.25, -0.2) is 0 Å². The molecule has 0 unspecified atom stereocenters. The van der Waals surface area contributed by atoms with Crippen molar-refractivity contribution in [3.63, 3.8) is 0 Å². The number of nitrogens with zero attached hydrogens (tertiary/aromatic N) is 2. The van der Waals surface area contributed by atoms with Gasteiger partial charge in [0.1, 0.15) is 13.2 Å². The first-order chi connectivity index (χ1) is 23.2. The van der Waals surface area contributed by atoms with Crippen molar-refractivity contribution >= 4 is 11.3 Å². The van der Waals surface area contributed by atoms with Crippen molar-refractivity contribution in [1.82, 2.24) is 9.80 Å². The van der Waals surface area contributed by atoms with Gasteiger partial charge in [-0.3, -0.25) is 9.80 Å². The molecule has 0 aliphatic heterocycles. The molecule has 1 heterocycles. The highest BCUT2D eigenvalue weighted by atomic mass is 32.1. The summed E-state index contributed by atoms with van der Waals surface area (Å²) in [7, 11) is 0. The van der Waals surface area contributed by atoms with Gasteiger partial charge in [0.25, 0.3) is 0 Å². The van der Waals surface area contributed by atoms with Gasteiger partial charge in [-0.2, -0.15) is 0 Å². The summed E-state index contributed by atoms with van der Waals surface area (Å²) in [6.45, 7) is 4.75. The van der Waals surface area contributed by atoms with Crippen molar-refractivity contribution in [2.24, 2.45) is 0 Å². The molecule has 4 aromatic carbocycles. The summed E-state index contributed by atoms with van der Waals surface area (Å²) < 4.78 is 11.9. The van der Waals surface area contributed by atoms with Gasteiger partial charge in [-0.05, 0) is 34.4 Å². The van der Waals surface area contributed by atoms with Crippen molar-refractivity contribution < 1.29 is 9.47 Å². The average Bonchev–Trinajstić information content (AvgIpc) is 3.56. The predicted octanol–water partition coefficient (Wildman–Crippen LogP) is 8.53. The Morgan fingerprint density at radius 1 is 0.489 bits per heavy atom. The van der Waals surface area contributed by atoms with Crippen LogP contribution in [-0.2, 0) is 35.7 Å². The lowest BCUT2D eigenvalue weighted by molar-refractivity contribution is 0.0663. The van der Waals surface area contributed by atoms with E-state index in [9.17, 15) is 0 Å². The number of thiophene rings is 1. The number of rotatable bonds is 18. The SMILES string of the molecule is C#CCOC[C@@H](c1ccccc1)N(Cc1ccccc1)Cc1ccc(CN(Cc2ccccc2)[C@@H](COCC#C)c2ccccc2)s1. The molecule has 0 spiro atoms. The average molecular weight is 639 g/mol. The molecule has 0 aliphatic carbocycles. The van der Waals surface area contributed by atoms with Crippen molar-refractivity contribution in [2.45, 2.75) is 38.3 Å². The Hall–Kier alpha value is -4.46. The zero-order chi connectivity index (χ0) is 32.5. The van der Waals surface area contributed by atoms with Crippen LogP contribution >= 0.6 is 11.3 Å². The molecule has 5 aromatic rings. The van der Waals surface area contributed by atoms with Gasteiger partial charge in [-0.15, -0.1) is 24.2 Å². The smallest absolute Gasteiger partial charge is 0.107 e. The quantitative estimate of drug-likeness (QED) is 0.0710. The Kier molecular flexibility index (Phi) is 13.4. The van der Waals surface area contributed by atoms with E-state index >= 15 is 0 Å². The molecule has 1 aromatic heterocycles. The molecule has 5 heteroatoms. The van der Waals surface area contributed by atoms with Crippen LogP contribution in [0, 0.1) is 24.7 Å². The molecule has 0 N–H and O–H groups in total. The number of benzene rings is 4. The van der Waals surface area contributed by atoms with Crippen molar-refractivity contribution in [1.29, 1.82) is 0 Å². The lowest BCUT2D eigenvalue weighted by Crippen LogP contribution is -2.31. The van der Waals surface area contributed by atoms with Crippen LogP contribution in [-0.4, -0.2) is 36.2 Å². The van der Waals surface area contributed by atoms with Crippen LogP contribution in [0.15, 0.2) is 133 Å². The van der Waals surface area contributed by atoms with E-state index in [0.717, 1.165) is 26.2 Å². The third kappa shape index (κ3) is 10.5. The van der Waals surface area contributed by atoms with Gasteiger partial charge in [0, 0.05) is 35.9 Å². The Bertz CT molecular complexity index is 1550. The van der Waals surface area contributed by atoms with E-state index < -0.39 is 0 Å². The fraction of sp³-hybridized carbons (Fsp3) is 0.238. The lowest BCUT2D eigenvalue weighted by Gasteiger charge is -2.32. The predicted molar refractivity (Wildman–Crippen MR) is 193 cm³/mol. The highest BCUT2D eigenvalue weighted by molar-refractivity contribution is 7.11. The first kappa shape index (κ1) is 33.9. The van der Waals surface area contributed by atoms with Crippen LogP contribution in [0.2, 0.25) is 0 Å². The molecule has 0 aliphatic rings. The monoisotopic (exact) mass is 638 g/mol. The first-order valence-corrected chi connectivity index (χ1v) is 16.8. The Morgan fingerprint density at radius 3 is 1.21 bits per heavy atom. The Labute approximate surface area is 284 Å². The van der Waals surface area contributed by atoms with Crippen LogP contribution in [0.25, 0.3) is 0 Å². The van der Waals surface area contributed by atoms with Gasteiger partial charge in [0.2, 0.25) is 0 Å². The van der Waals surface area contributed by atoms with Gasteiger partial charge in [0.05, 0.1) is 25.3 Å². The largest absolute Gasteiger partial charge is 0.367 e. The summed E-state index contributed by atoms with van der Waals surface area (Å²) in [5.74, 6) is 5.25. The molecular weight excluding hydrogens is 597 g/mol. The number of hydrogen-bond donors (Lipinski definition) is 0. The van der Waals surface area contributed by atoms with E-state index in [0.29, 0.717) is 13.2 Å². The summed E-state index contributed by atoms with van der Waals surface area (Å²) in [6.07, 6.45) is 11.1. The molecular formula is C42H42N2O2S. The fourth-order valence-corrected chi connectivity index (χ4v) is 6.88. The van der Waals surface area contributed by atoms with Crippen LogP contribution in [0.5, 0.6) is 0 Å². The van der Waals surface area contributed by atoms with Crippen molar-refractivity contribution in [3.8, 4) is 24.7 Å². The molecule has 0 saturated heterocycles. The van der Waals surface area contributed by atoms with E-state index in [1.54, 1.807) is 0 Å². The van der Waals surface area contributed by atoms with Crippen LogP contribution in [0.1, 0.15) is 44.1 Å². The Morgan fingerprint density at radius 2 is 0.851 bits per heavy atom. The van der Waals surface area contributed by atoms with E-state index in [2.05, 4.69) is 155 Å². The topological polar surface area (TPSA) is 24.9 Å². The summed E-state index contributed by atoms with van der Waals surface area (Å²) >= 11 is 1.86. The maximum atomic E-state index is 5.97. The summed E-state index contributed by atoms with van der Waals surface area (Å²) in [4.78, 5) is 7.60. The maximum Gasteiger partial charge on any atom is 0.107 e. The van der Waals surface area contributed by atoms with E-state index in [1.807, 2.05) is 11.3 Å². The lowest BCUT2D eigenvalue weighted by atomic mass is 10.0. The maximum absolute atomic E-state index is 5.97. The normalized spacial score (nSPS) is 12.4. The van der Waals surface area contributed by atoms with Gasteiger partial charge in [0.15, 0.2) is 0 Å². The van der Waals surface area contributed by atoms with Gasteiger partial charge < -0.3 is 9.47 Å². The first-order valence-electron chi connectivity index (χ1n) is 16.0. The summed E-state index contributed by atoms with van der Waals surface area (Å²) in [6, 6.07) is 47.0.